The summed E-state index contributed by atoms with van der Waals surface area (Å²) in [5, 5.41) is 11.6. The molecule has 1 aliphatic heterocycles. The third-order valence-electron chi connectivity index (χ3n) is 3.60. The van der Waals surface area contributed by atoms with Gasteiger partial charge in [-0.15, -0.1) is 6.58 Å². The molecule has 22 heavy (non-hydrogen) atoms. The van der Waals surface area contributed by atoms with Crippen molar-refractivity contribution < 1.29 is 23.1 Å². The minimum absolute atomic E-state index is 0.00436. The first-order chi connectivity index (χ1) is 10.3. The molecule has 2 unspecified atom stereocenters. The summed E-state index contributed by atoms with van der Waals surface area (Å²) in [6, 6.07) is -1.83. The van der Waals surface area contributed by atoms with Crippen molar-refractivity contribution >= 4 is 21.9 Å². The number of rotatable bonds is 9. The zero-order valence-electron chi connectivity index (χ0n) is 12.8. The Kier molecular flexibility index (Phi) is 7.02. The van der Waals surface area contributed by atoms with Gasteiger partial charge in [0.2, 0.25) is 15.9 Å². The van der Waals surface area contributed by atoms with Crippen molar-refractivity contribution in [3.63, 3.8) is 0 Å². The maximum absolute atomic E-state index is 12.3. The number of hydrogen-bond donors (Lipinski definition) is 2. The Bertz CT molecular complexity index is 517. The summed E-state index contributed by atoms with van der Waals surface area (Å²) >= 11 is 0. The van der Waals surface area contributed by atoms with Gasteiger partial charge in [-0.3, -0.25) is 4.79 Å². The molecule has 0 aromatic carbocycles. The van der Waals surface area contributed by atoms with E-state index < -0.39 is 34.0 Å². The van der Waals surface area contributed by atoms with Gasteiger partial charge < -0.3 is 10.4 Å². The average Bonchev–Trinajstić information content (AvgIpc) is 2.93. The summed E-state index contributed by atoms with van der Waals surface area (Å²) in [5.41, 5.74) is 0. The number of nitrogens with one attached hydrogen (secondary N) is 1. The molecule has 0 spiro atoms. The van der Waals surface area contributed by atoms with Crippen molar-refractivity contribution in [2.45, 2.75) is 51.1 Å². The monoisotopic (exact) mass is 332 g/mol. The molecule has 0 aromatic rings. The molecule has 0 bridgehead atoms. The van der Waals surface area contributed by atoms with Crippen molar-refractivity contribution in [3.8, 4) is 0 Å². The average molecular weight is 332 g/mol. The number of carboxylic acids is 1. The van der Waals surface area contributed by atoms with E-state index in [0.717, 1.165) is 0 Å². The lowest BCUT2D eigenvalue weighted by atomic mass is 10.1. The van der Waals surface area contributed by atoms with Crippen molar-refractivity contribution in [3.05, 3.63) is 12.7 Å². The molecule has 0 radical (unpaired) electrons. The van der Waals surface area contributed by atoms with Gasteiger partial charge in [-0.25, -0.2) is 13.2 Å². The van der Waals surface area contributed by atoms with Gasteiger partial charge >= 0.3 is 5.97 Å². The molecule has 126 valence electrons. The van der Waals surface area contributed by atoms with Crippen LogP contribution >= 0.6 is 0 Å². The van der Waals surface area contributed by atoms with Gasteiger partial charge in [-0.2, -0.15) is 4.31 Å². The number of nitrogens with zero attached hydrogens (tertiary/aromatic N) is 1. The Morgan fingerprint density at radius 3 is 2.73 bits per heavy atom. The minimum Gasteiger partial charge on any atom is -0.480 e. The van der Waals surface area contributed by atoms with Crippen LogP contribution in [-0.4, -0.2) is 54.1 Å². The maximum Gasteiger partial charge on any atom is 0.326 e. The van der Waals surface area contributed by atoms with Crippen LogP contribution in [-0.2, 0) is 19.6 Å². The van der Waals surface area contributed by atoms with E-state index in [1.807, 2.05) is 0 Å². The number of aliphatic carboxylic acids is 1. The largest absolute Gasteiger partial charge is 0.480 e. The molecule has 2 N–H and O–H groups in total. The Hall–Kier alpha value is -1.41. The molecule has 0 saturated carbocycles. The van der Waals surface area contributed by atoms with Crippen LogP contribution in [0.15, 0.2) is 12.7 Å². The van der Waals surface area contributed by atoms with E-state index >= 15 is 0 Å². The van der Waals surface area contributed by atoms with E-state index in [0.29, 0.717) is 32.2 Å². The van der Waals surface area contributed by atoms with E-state index in [2.05, 4.69) is 11.9 Å². The fourth-order valence-electron chi connectivity index (χ4n) is 2.52. The minimum atomic E-state index is -3.47. The molecule has 0 aromatic heterocycles. The highest BCUT2D eigenvalue weighted by molar-refractivity contribution is 7.89. The maximum atomic E-state index is 12.3. The Balaban J connectivity index is 2.78. The summed E-state index contributed by atoms with van der Waals surface area (Å²) in [4.78, 5) is 23.4. The quantitative estimate of drug-likeness (QED) is 0.606. The van der Waals surface area contributed by atoms with E-state index in [1.54, 1.807) is 13.0 Å². The lowest BCUT2D eigenvalue weighted by Gasteiger charge is -2.24. The lowest BCUT2D eigenvalue weighted by Crippen LogP contribution is -2.51. The highest BCUT2D eigenvalue weighted by Crippen LogP contribution is 2.22. The van der Waals surface area contributed by atoms with Gasteiger partial charge in [0.1, 0.15) is 12.1 Å². The normalized spacial score (nSPS) is 20.5. The summed E-state index contributed by atoms with van der Waals surface area (Å²) < 4.78 is 25.5. The lowest BCUT2D eigenvalue weighted by molar-refractivity contribution is -0.142. The number of carbonyl (C=O) groups excluding carboxylic acids is 1. The Morgan fingerprint density at radius 1 is 1.50 bits per heavy atom. The fourth-order valence-corrected chi connectivity index (χ4v) is 4.27. The molecule has 1 saturated heterocycles. The van der Waals surface area contributed by atoms with Crippen LogP contribution in [0, 0.1) is 0 Å². The fraction of sp³-hybridized carbons (Fsp3) is 0.714. The summed E-state index contributed by atoms with van der Waals surface area (Å²) in [5.74, 6) is -1.67. The van der Waals surface area contributed by atoms with Crippen molar-refractivity contribution in [2.75, 3.05) is 12.3 Å². The zero-order chi connectivity index (χ0) is 16.8. The number of allylic oxidation sites excluding steroid dienone is 1. The first kappa shape index (κ1) is 18.6. The van der Waals surface area contributed by atoms with Crippen molar-refractivity contribution in [1.82, 2.24) is 9.62 Å². The second-order valence-electron chi connectivity index (χ2n) is 5.35. The van der Waals surface area contributed by atoms with E-state index in [4.69, 9.17) is 5.11 Å². The molecule has 7 nitrogen and oxygen atoms in total. The van der Waals surface area contributed by atoms with Gasteiger partial charge in [0.15, 0.2) is 0 Å². The zero-order valence-corrected chi connectivity index (χ0v) is 13.6. The second kappa shape index (κ2) is 8.28. The molecule has 1 amide bonds. The van der Waals surface area contributed by atoms with Crippen LogP contribution in [0.1, 0.15) is 39.0 Å². The van der Waals surface area contributed by atoms with Gasteiger partial charge in [0.05, 0.1) is 5.75 Å². The van der Waals surface area contributed by atoms with Crippen LogP contribution in [0.2, 0.25) is 0 Å². The molecular formula is C14H24N2O5S. The topological polar surface area (TPSA) is 104 Å². The predicted octanol–water partition coefficient (Wildman–Crippen LogP) is 0.726. The number of carbonyl (C=O) groups is 2. The first-order valence-electron chi connectivity index (χ1n) is 7.47. The van der Waals surface area contributed by atoms with Gasteiger partial charge in [-0.1, -0.05) is 13.0 Å². The Morgan fingerprint density at radius 2 is 2.18 bits per heavy atom. The molecular weight excluding hydrogens is 308 g/mol. The van der Waals surface area contributed by atoms with Crippen LogP contribution < -0.4 is 5.32 Å². The third kappa shape index (κ3) is 4.81. The van der Waals surface area contributed by atoms with Crippen molar-refractivity contribution in [1.29, 1.82) is 0 Å². The molecule has 2 atom stereocenters. The van der Waals surface area contributed by atoms with E-state index in [1.165, 1.54) is 4.31 Å². The van der Waals surface area contributed by atoms with Gasteiger partial charge in [0.25, 0.3) is 0 Å². The van der Waals surface area contributed by atoms with Crippen LogP contribution in [0.25, 0.3) is 0 Å². The van der Waals surface area contributed by atoms with Gasteiger partial charge in [-0.05, 0) is 32.1 Å². The highest BCUT2D eigenvalue weighted by atomic mass is 32.2. The van der Waals surface area contributed by atoms with Crippen LogP contribution in [0.5, 0.6) is 0 Å². The molecule has 1 aliphatic rings. The van der Waals surface area contributed by atoms with E-state index in [-0.39, 0.29) is 12.2 Å². The standard InChI is InChI=1S/C14H24N2O5S/c1-3-5-7-11(14(18)19)15-13(17)12-8-6-9-16(12)22(20,21)10-4-2/h3,11-12H,1,4-10H2,2H3,(H,15,17)(H,18,19). The number of amides is 1. The molecule has 1 fully saturated rings. The Labute approximate surface area is 131 Å². The molecule has 1 rings (SSSR count). The van der Waals surface area contributed by atoms with Crippen LogP contribution in [0.3, 0.4) is 0 Å². The highest BCUT2D eigenvalue weighted by Gasteiger charge is 2.39. The number of carboxylic acid groups (broad SMARTS) is 1. The molecule has 1 heterocycles. The van der Waals surface area contributed by atoms with Crippen LogP contribution in [0.4, 0.5) is 0 Å². The molecule has 8 heteroatoms. The summed E-state index contributed by atoms with van der Waals surface area (Å²) in [6.45, 7) is 5.59. The summed E-state index contributed by atoms with van der Waals surface area (Å²) in [7, 11) is -3.47. The molecule has 0 aliphatic carbocycles. The summed E-state index contributed by atoms with van der Waals surface area (Å²) in [6.07, 6.45) is 3.77. The number of hydrogen-bond acceptors (Lipinski definition) is 4. The predicted molar refractivity (Wildman–Crippen MR) is 82.8 cm³/mol. The first-order valence-corrected chi connectivity index (χ1v) is 9.08. The van der Waals surface area contributed by atoms with Crippen molar-refractivity contribution in [2.24, 2.45) is 0 Å². The smallest absolute Gasteiger partial charge is 0.326 e. The second-order valence-corrected chi connectivity index (χ2v) is 7.39. The van der Waals surface area contributed by atoms with E-state index in [9.17, 15) is 18.0 Å². The third-order valence-corrected chi connectivity index (χ3v) is 5.68. The SMILES string of the molecule is C=CCCC(NC(=O)C1CCCN1S(=O)(=O)CCC)C(=O)O. The van der Waals surface area contributed by atoms with Gasteiger partial charge in [0, 0.05) is 6.54 Å². The number of sulfonamides is 1.